The normalized spacial score (nSPS) is 15.1. The Morgan fingerprint density at radius 1 is 1.24 bits per heavy atom. The molecular formula is C22H22N4O3. The number of amides is 1. The lowest BCUT2D eigenvalue weighted by Crippen LogP contribution is -2.46. The molecule has 1 amide bonds. The van der Waals surface area contributed by atoms with Crippen molar-refractivity contribution < 1.29 is 14.3 Å². The van der Waals surface area contributed by atoms with E-state index < -0.39 is 24.0 Å². The van der Waals surface area contributed by atoms with Gasteiger partial charge in [-0.2, -0.15) is 10.5 Å². The first kappa shape index (κ1) is 20.2. The van der Waals surface area contributed by atoms with Gasteiger partial charge in [-0.05, 0) is 37.8 Å². The van der Waals surface area contributed by atoms with Crippen molar-refractivity contribution >= 4 is 28.9 Å². The second-order valence-electron chi connectivity index (χ2n) is 7.09. The molecule has 148 valence electrons. The van der Waals surface area contributed by atoms with Gasteiger partial charge in [0.1, 0.15) is 5.54 Å². The molecule has 1 heterocycles. The number of hydrogen-bond acceptors (Lipinski definition) is 5. The Labute approximate surface area is 169 Å². The van der Waals surface area contributed by atoms with E-state index >= 15 is 0 Å². The summed E-state index contributed by atoms with van der Waals surface area (Å²) in [4.78, 5) is 24.0. The number of para-hydroxylation sites is 1. The maximum atomic E-state index is 12.0. The van der Waals surface area contributed by atoms with Crippen LogP contribution in [-0.4, -0.2) is 28.6 Å². The lowest BCUT2D eigenvalue weighted by Gasteiger charge is -2.21. The summed E-state index contributed by atoms with van der Waals surface area (Å²) in [6.07, 6.45) is 8.24. The molecule has 2 aromatic rings. The Morgan fingerprint density at radius 3 is 2.72 bits per heavy atom. The zero-order chi connectivity index (χ0) is 20.7. The molecule has 0 spiro atoms. The van der Waals surface area contributed by atoms with Crippen molar-refractivity contribution in [1.29, 1.82) is 10.5 Å². The summed E-state index contributed by atoms with van der Waals surface area (Å²) in [5.74, 6) is -1.10. The Hall–Kier alpha value is -3.58. The first-order valence-corrected chi connectivity index (χ1v) is 9.59. The van der Waals surface area contributed by atoms with Crippen molar-refractivity contribution in [3.63, 3.8) is 0 Å². The van der Waals surface area contributed by atoms with E-state index in [9.17, 15) is 14.9 Å². The molecule has 0 unspecified atom stereocenters. The number of benzene rings is 1. The highest BCUT2D eigenvalue weighted by Crippen LogP contribution is 2.28. The average Bonchev–Trinajstić information content (AvgIpc) is 3.34. The molecule has 0 radical (unpaired) electrons. The summed E-state index contributed by atoms with van der Waals surface area (Å²) in [5, 5.41) is 21.8. The molecule has 1 aliphatic carbocycles. The standard InChI is InChI=1S/C22H22N4O3/c23-12-5-13-26-14-17(18-6-1-2-7-19(18)26)8-9-21(28)29-15-20(27)25-22(16-24)10-3-4-11-22/h1-2,6-9,14H,3-5,10-11,13,15H2,(H,25,27)/b9-8+. The smallest absolute Gasteiger partial charge is 0.331 e. The number of nitriles is 2. The number of rotatable bonds is 7. The van der Waals surface area contributed by atoms with E-state index in [4.69, 9.17) is 10.00 Å². The number of nitrogens with one attached hydrogen (secondary N) is 1. The van der Waals surface area contributed by atoms with Crippen LogP contribution < -0.4 is 5.32 Å². The molecule has 1 aromatic heterocycles. The van der Waals surface area contributed by atoms with Gasteiger partial charge in [0.15, 0.2) is 6.61 Å². The van der Waals surface area contributed by atoms with Gasteiger partial charge in [0.05, 0.1) is 18.6 Å². The average molecular weight is 390 g/mol. The van der Waals surface area contributed by atoms with Gasteiger partial charge in [0, 0.05) is 35.3 Å². The largest absolute Gasteiger partial charge is 0.452 e. The van der Waals surface area contributed by atoms with Crippen molar-refractivity contribution in [3.8, 4) is 12.1 Å². The highest BCUT2D eigenvalue weighted by atomic mass is 16.5. The van der Waals surface area contributed by atoms with Crippen LogP contribution in [-0.2, 0) is 20.9 Å². The molecule has 1 aliphatic rings. The third-order valence-electron chi connectivity index (χ3n) is 5.08. The molecule has 3 rings (SSSR count). The van der Waals surface area contributed by atoms with E-state index in [0.29, 0.717) is 25.8 Å². The minimum absolute atomic E-state index is 0.392. The quantitative estimate of drug-likeness (QED) is 0.577. The van der Waals surface area contributed by atoms with E-state index in [2.05, 4.69) is 17.5 Å². The lowest BCUT2D eigenvalue weighted by molar-refractivity contribution is -0.144. The summed E-state index contributed by atoms with van der Waals surface area (Å²) in [6.45, 7) is 0.145. The van der Waals surface area contributed by atoms with Crippen LogP contribution in [0, 0.1) is 22.7 Å². The number of aromatic nitrogens is 1. The van der Waals surface area contributed by atoms with Gasteiger partial charge in [-0.3, -0.25) is 4.79 Å². The highest BCUT2D eigenvalue weighted by molar-refractivity contribution is 5.95. The molecule has 7 heteroatoms. The minimum atomic E-state index is -0.829. The number of carbonyl (C=O) groups excluding carboxylic acids is 2. The third-order valence-corrected chi connectivity index (χ3v) is 5.08. The summed E-state index contributed by atoms with van der Waals surface area (Å²) in [5.41, 5.74) is 0.979. The number of fused-ring (bicyclic) bond motifs is 1. The predicted molar refractivity (Wildman–Crippen MR) is 107 cm³/mol. The number of esters is 1. The summed E-state index contributed by atoms with van der Waals surface area (Å²) < 4.78 is 6.98. The molecule has 1 saturated carbocycles. The summed E-state index contributed by atoms with van der Waals surface area (Å²) >= 11 is 0. The van der Waals surface area contributed by atoms with Gasteiger partial charge in [0.25, 0.3) is 5.91 Å². The lowest BCUT2D eigenvalue weighted by atomic mass is 10.00. The number of carbonyl (C=O) groups is 2. The number of aryl methyl sites for hydroxylation is 1. The topological polar surface area (TPSA) is 108 Å². The van der Waals surface area contributed by atoms with Crippen LogP contribution in [0.2, 0.25) is 0 Å². The van der Waals surface area contributed by atoms with Crippen LogP contribution in [0.5, 0.6) is 0 Å². The van der Waals surface area contributed by atoms with Gasteiger partial charge in [-0.1, -0.05) is 18.2 Å². The zero-order valence-electron chi connectivity index (χ0n) is 16.1. The van der Waals surface area contributed by atoms with Gasteiger partial charge < -0.3 is 14.6 Å². The van der Waals surface area contributed by atoms with Crippen LogP contribution in [0.1, 0.15) is 37.7 Å². The summed E-state index contributed by atoms with van der Waals surface area (Å²) in [7, 11) is 0. The SMILES string of the molecule is N#CCCn1cc(/C=C/C(=O)OCC(=O)NC2(C#N)CCCC2)c2ccccc21. The van der Waals surface area contributed by atoms with Crippen molar-refractivity contribution in [2.75, 3.05) is 6.61 Å². The fraction of sp³-hybridized carbons (Fsp3) is 0.364. The van der Waals surface area contributed by atoms with Crippen molar-refractivity contribution in [1.82, 2.24) is 9.88 Å². The van der Waals surface area contributed by atoms with Gasteiger partial charge in [-0.25, -0.2) is 4.79 Å². The van der Waals surface area contributed by atoms with Crippen molar-refractivity contribution in [2.24, 2.45) is 0 Å². The molecule has 1 aromatic carbocycles. The second kappa shape index (κ2) is 9.07. The number of ether oxygens (including phenoxy) is 1. The van der Waals surface area contributed by atoms with Crippen molar-refractivity contribution in [2.45, 2.75) is 44.2 Å². The zero-order valence-corrected chi connectivity index (χ0v) is 16.1. The monoisotopic (exact) mass is 390 g/mol. The molecule has 0 atom stereocenters. The first-order valence-electron chi connectivity index (χ1n) is 9.59. The Kier molecular flexibility index (Phi) is 6.31. The van der Waals surface area contributed by atoms with E-state index in [0.717, 1.165) is 29.3 Å². The molecule has 1 fully saturated rings. The minimum Gasteiger partial charge on any atom is -0.452 e. The number of nitrogens with zero attached hydrogens (tertiary/aromatic N) is 3. The Bertz CT molecular complexity index is 1020. The van der Waals surface area contributed by atoms with E-state index in [1.54, 1.807) is 6.08 Å². The van der Waals surface area contributed by atoms with Crippen LogP contribution in [0.4, 0.5) is 0 Å². The van der Waals surface area contributed by atoms with Crippen LogP contribution in [0.15, 0.2) is 36.5 Å². The van der Waals surface area contributed by atoms with Crippen molar-refractivity contribution in [3.05, 3.63) is 42.1 Å². The van der Waals surface area contributed by atoms with Gasteiger partial charge >= 0.3 is 5.97 Å². The molecule has 0 aliphatic heterocycles. The van der Waals surface area contributed by atoms with Crippen LogP contribution >= 0.6 is 0 Å². The van der Waals surface area contributed by atoms with E-state index in [1.807, 2.05) is 35.0 Å². The van der Waals surface area contributed by atoms with E-state index in [1.165, 1.54) is 6.08 Å². The maximum absolute atomic E-state index is 12.0. The molecule has 0 saturated heterocycles. The maximum Gasteiger partial charge on any atom is 0.331 e. The highest BCUT2D eigenvalue weighted by Gasteiger charge is 2.35. The fourth-order valence-corrected chi connectivity index (χ4v) is 3.65. The predicted octanol–water partition coefficient (Wildman–Crippen LogP) is 3.06. The van der Waals surface area contributed by atoms with E-state index in [-0.39, 0.29) is 0 Å². The molecule has 29 heavy (non-hydrogen) atoms. The van der Waals surface area contributed by atoms with Gasteiger partial charge in [0.2, 0.25) is 0 Å². The molecule has 0 bridgehead atoms. The van der Waals surface area contributed by atoms with Crippen LogP contribution in [0.3, 0.4) is 0 Å². The van der Waals surface area contributed by atoms with Gasteiger partial charge in [-0.15, -0.1) is 0 Å². The molecule has 1 N–H and O–H groups in total. The molecule has 7 nitrogen and oxygen atoms in total. The Balaban J connectivity index is 1.60. The Morgan fingerprint density at radius 2 is 2.00 bits per heavy atom. The number of hydrogen-bond donors (Lipinski definition) is 1. The van der Waals surface area contributed by atoms with Crippen LogP contribution in [0.25, 0.3) is 17.0 Å². The molecular weight excluding hydrogens is 368 g/mol. The fourth-order valence-electron chi connectivity index (χ4n) is 3.65. The summed E-state index contributed by atoms with van der Waals surface area (Å²) in [6, 6.07) is 12.0. The third kappa shape index (κ3) is 4.83. The second-order valence-corrected chi connectivity index (χ2v) is 7.09. The first-order chi connectivity index (χ1) is 14.1.